The lowest BCUT2D eigenvalue weighted by molar-refractivity contribution is -0.00212. The predicted molar refractivity (Wildman–Crippen MR) is 68.1 cm³/mol. The Morgan fingerprint density at radius 2 is 1.65 bits per heavy atom. The van der Waals surface area contributed by atoms with Crippen molar-refractivity contribution in [2.45, 2.75) is 32.4 Å². The van der Waals surface area contributed by atoms with E-state index in [-0.39, 0.29) is 6.10 Å². The van der Waals surface area contributed by atoms with E-state index in [0.29, 0.717) is 13.2 Å². The van der Waals surface area contributed by atoms with Crippen LogP contribution in [0.1, 0.15) is 20.3 Å². The van der Waals surface area contributed by atoms with Crippen molar-refractivity contribution in [3.05, 3.63) is 0 Å². The van der Waals surface area contributed by atoms with Gasteiger partial charge in [-0.2, -0.15) is 0 Å². The Bertz CT molecular complexity index is 167. The molecule has 104 valence electrons. The lowest BCUT2D eigenvalue weighted by Gasteiger charge is -2.24. The number of hydrogen-bond donors (Lipinski definition) is 0. The highest BCUT2D eigenvalue weighted by atomic mass is 28.4. The van der Waals surface area contributed by atoms with Crippen LogP contribution >= 0.6 is 0 Å². The summed E-state index contributed by atoms with van der Waals surface area (Å²) in [4.78, 5) is 0. The summed E-state index contributed by atoms with van der Waals surface area (Å²) in [5, 5.41) is 0. The minimum Gasteiger partial charge on any atom is -0.379 e. The fraction of sp³-hybridized carbons (Fsp3) is 1.00. The van der Waals surface area contributed by atoms with Crippen molar-refractivity contribution in [3.8, 4) is 0 Å². The van der Waals surface area contributed by atoms with Gasteiger partial charge in [-0.1, -0.05) is 0 Å². The Hall–Kier alpha value is 0.0169. The van der Waals surface area contributed by atoms with Gasteiger partial charge in [-0.05, 0) is 20.3 Å². The predicted octanol–water partition coefficient (Wildman–Crippen LogP) is 1.70. The summed E-state index contributed by atoms with van der Waals surface area (Å²) in [6, 6.07) is 0.763. The van der Waals surface area contributed by atoms with Gasteiger partial charge in [0.25, 0.3) is 0 Å². The van der Waals surface area contributed by atoms with Crippen LogP contribution in [0.4, 0.5) is 0 Å². The van der Waals surface area contributed by atoms with Crippen LogP contribution in [0.15, 0.2) is 0 Å². The molecule has 0 bridgehead atoms. The first kappa shape index (κ1) is 17.0. The van der Waals surface area contributed by atoms with Crippen LogP contribution < -0.4 is 0 Å². The van der Waals surface area contributed by atoms with Crippen LogP contribution in [0.2, 0.25) is 6.04 Å². The van der Waals surface area contributed by atoms with Gasteiger partial charge in [0, 0.05) is 40.6 Å². The van der Waals surface area contributed by atoms with E-state index in [1.807, 2.05) is 13.8 Å². The van der Waals surface area contributed by atoms with E-state index in [0.717, 1.165) is 19.1 Å². The van der Waals surface area contributed by atoms with Crippen molar-refractivity contribution >= 4 is 8.80 Å². The minimum absolute atomic E-state index is 0.147. The molecule has 0 aromatic carbocycles. The molecule has 1 atom stereocenters. The summed E-state index contributed by atoms with van der Waals surface area (Å²) in [5.74, 6) is 0. The van der Waals surface area contributed by atoms with Gasteiger partial charge in [-0.25, -0.2) is 0 Å². The first-order chi connectivity index (χ1) is 8.14. The normalized spacial score (nSPS) is 13.9. The summed E-state index contributed by atoms with van der Waals surface area (Å²) in [5.41, 5.74) is 0. The molecule has 17 heavy (non-hydrogen) atoms. The summed E-state index contributed by atoms with van der Waals surface area (Å²) >= 11 is 0. The average molecular weight is 266 g/mol. The number of rotatable bonds is 11. The highest BCUT2D eigenvalue weighted by molar-refractivity contribution is 6.60. The first-order valence-corrected chi connectivity index (χ1v) is 7.92. The van der Waals surface area contributed by atoms with Gasteiger partial charge in [-0.3, -0.25) is 0 Å². The van der Waals surface area contributed by atoms with Gasteiger partial charge in [0.05, 0.1) is 12.7 Å². The number of ether oxygens (including phenoxy) is 2. The molecule has 0 saturated heterocycles. The summed E-state index contributed by atoms with van der Waals surface area (Å²) in [7, 11) is 2.45. The third-order valence-corrected chi connectivity index (χ3v) is 5.34. The van der Waals surface area contributed by atoms with Crippen molar-refractivity contribution < 1.29 is 22.8 Å². The second-order valence-corrected chi connectivity index (χ2v) is 6.83. The van der Waals surface area contributed by atoms with E-state index in [1.54, 1.807) is 21.3 Å². The molecule has 1 unspecified atom stereocenters. The van der Waals surface area contributed by atoms with Crippen LogP contribution in [0, 0.1) is 0 Å². The molecule has 0 N–H and O–H groups in total. The molecule has 0 rings (SSSR count). The maximum Gasteiger partial charge on any atom is 0.500 e. The highest BCUT2D eigenvalue weighted by Crippen LogP contribution is 2.14. The van der Waals surface area contributed by atoms with Crippen LogP contribution in [0.25, 0.3) is 0 Å². The van der Waals surface area contributed by atoms with Crippen LogP contribution in [0.3, 0.4) is 0 Å². The van der Waals surface area contributed by atoms with Crippen LogP contribution in [-0.2, 0) is 22.8 Å². The van der Waals surface area contributed by atoms with E-state index in [1.165, 1.54) is 0 Å². The summed E-state index contributed by atoms with van der Waals surface area (Å²) in [6.07, 6.45) is 1.01. The minimum atomic E-state index is -2.42. The molecule has 5 nitrogen and oxygen atoms in total. The molecule has 0 heterocycles. The SMILES string of the molecule is CCOC(C)COCCC[Si](OC)(OC)OC. The van der Waals surface area contributed by atoms with Gasteiger partial charge >= 0.3 is 8.80 Å². The Balaban J connectivity index is 3.62. The Labute approximate surface area is 106 Å². The molecule has 0 aliphatic rings. The maximum absolute atomic E-state index is 5.51. The van der Waals surface area contributed by atoms with Crippen LogP contribution in [0.5, 0.6) is 0 Å². The Morgan fingerprint density at radius 1 is 1.06 bits per heavy atom. The molecule has 0 fully saturated rings. The second-order valence-electron chi connectivity index (χ2n) is 3.74. The molecular formula is C11H26O5Si. The average Bonchev–Trinajstić information content (AvgIpc) is 2.35. The summed E-state index contributed by atoms with van der Waals surface area (Å²) in [6.45, 7) is 5.99. The van der Waals surface area contributed by atoms with E-state index in [4.69, 9.17) is 22.8 Å². The largest absolute Gasteiger partial charge is 0.500 e. The first-order valence-electron chi connectivity index (χ1n) is 5.99. The Morgan fingerprint density at radius 3 is 2.12 bits per heavy atom. The molecular weight excluding hydrogens is 240 g/mol. The van der Waals surface area contributed by atoms with Gasteiger partial charge in [0.1, 0.15) is 0 Å². The lowest BCUT2D eigenvalue weighted by Crippen LogP contribution is -2.42. The quantitative estimate of drug-likeness (QED) is 0.421. The lowest BCUT2D eigenvalue weighted by atomic mass is 10.4. The van der Waals surface area contributed by atoms with Crippen LogP contribution in [-0.4, -0.2) is 56.1 Å². The molecule has 0 aromatic heterocycles. The topological polar surface area (TPSA) is 46.2 Å². The summed E-state index contributed by atoms with van der Waals surface area (Å²) < 4.78 is 26.8. The van der Waals surface area contributed by atoms with E-state index in [9.17, 15) is 0 Å². The molecule has 0 spiro atoms. The fourth-order valence-corrected chi connectivity index (χ4v) is 3.22. The molecule has 0 saturated carbocycles. The molecule has 0 amide bonds. The zero-order chi connectivity index (χ0) is 13.1. The Kier molecular flexibility index (Phi) is 10.00. The molecule has 6 heteroatoms. The maximum atomic E-state index is 5.51. The monoisotopic (exact) mass is 266 g/mol. The van der Waals surface area contributed by atoms with Crippen molar-refractivity contribution in [1.29, 1.82) is 0 Å². The smallest absolute Gasteiger partial charge is 0.379 e. The van der Waals surface area contributed by atoms with Crippen molar-refractivity contribution in [3.63, 3.8) is 0 Å². The fourth-order valence-electron chi connectivity index (χ4n) is 1.53. The second kappa shape index (κ2) is 9.99. The highest BCUT2D eigenvalue weighted by Gasteiger charge is 2.36. The van der Waals surface area contributed by atoms with E-state index >= 15 is 0 Å². The molecule has 0 aromatic rings. The molecule has 0 aliphatic carbocycles. The molecule has 0 aliphatic heterocycles. The zero-order valence-electron chi connectivity index (χ0n) is 11.7. The van der Waals surface area contributed by atoms with Gasteiger partial charge in [0.2, 0.25) is 0 Å². The number of hydrogen-bond acceptors (Lipinski definition) is 5. The van der Waals surface area contributed by atoms with E-state index in [2.05, 4.69) is 0 Å². The third kappa shape index (κ3) is 7.12. The van der Waals surface area contributed by atoms with E-state index < -0.39 is 8.80 Å². The third-order valence-electron chi connectivity index (χ3n) is 2.51. The van der Waals surface area contributed by atoms with Gasteiger partial charge in [-0.15, -0.1) is 0 Å². The van der Waals surface area contributed by atoms with Gasteiger partial charge < -0.3 is 22.8 Å². The van der Waals surface area contributed by atoms with Gasteiger partial charge in [0.15, 0.2) is 0 Å². The standard InChI is InChI=1S/C11H26O5Si/c1-6-16-11(2)10-15-8-7-9-17(12-3,13-4)14-5/h11H,6-10H2,1-5H3. The van der Waals surface area contributed by atoms with Crippen molar-refractivity contribution in [2.75, 3.05) is 41.2 Å². The van der Waals surface area contributed by atoms with Crippen molar-refractivity contribution in [2.24, 2.45) is 0 Å². The zero-order valence-corrected chi connectivity index (χ0v) is 12.7. The molecule has 0 radical (unpaired) electrons. The van der Waals surface area contributed by atoms with Crippen molar-refractivity contribution in [1.82, 2.24) is 0 Å².